The lowest BCUT2D eigenvalue weighted by Gasteiger charge is -2.08. The smallest absolute Gasteiger partial charge is 0.240 e. The number of carbonyl (C=O) groups excluding carboxylic acids is 2. The minimum absolute atomic E-state index is 0.0355. The Bertz CT molecular complexity index is 1780. The van der Waals surface area contributed by atoms with E-state index in [0.29, 0.717) is 22.3 Å². The number of nitrogens with one attached hydrogen (secondary N) is 2. The Balaban J connectivity index is 0.000000300. The van der Waals surface area contributed by atoms with E-state index >= 15 is 0 Å². The normalized spacial score (nSPS) is 11.2. The van der Waals surface area contributed by atoms with E-state index in [4.69, 9.17) is 0 Å². The number of hydrogen-bond donors (Lipinski definition) is 4. The predicted octanol–water partition coefficient (Wildman–Crippen LogP) is 6.43. The van der Waals surface area contributed by atoms with Crippen LogP contribution in [0.2, 0.25) is 0 Å². The monoisotopic (exact) mass is 696 g/mol. The van der Waals surface area contributed by atoms with Gasteiger partial charge in [0.1, 0.15) is 11.5 Å². The molecule has 10 nitrogen and oxygen atoms in total. The number of benzene rings is 4. The van der Waals surface area contributed by atoms with Gasteiger partial charge in [-0.1, -0.05) is 69.3 Å². The minimum Gasteiger partial charge on any atom is -0.508 e. The van der Waals surface area contributed by atoms with Crippen molar-refractivity contribution < 1.29 is 36.6 Å². The van der Waals surface area contributed by atoms with Crippen LogP contribution in [0.25, 0.3) is 0 Å². The maximum Gasteiger partial charge on any atom is 0.240 e. The van der Waals surface area contributed by atoms with Crippen molar-refractivity contribution in [1.82, 2.24) is 9.44 Å². The van der Waals surface area contributed by atoms with Crippen LogP contribution in [0.5, 0.6) is 11.5 Å². The summed E-state index contributed by atoms with van der Waals surface area (Å²) >= 11 is 0. The lowest BCUT2D eigenvalue weighted by atomic mass is 10.1. The Morgan fingerprint density at radius 1 is 0.583 bits per heavy atom. The third-order valence-corrected chi connectivity index (χ3v) is 9.41. The number of sulfonamides is 2. The van der Waals surface area contributed by atoms with E-state index in [1.54, 1.807) is 62.4 Å². The van der Waals surface area contributed by atoms with Crippen LogP contribution in [-0.2, 0) is 33.1 Å². The fraction of sp³-hybridized carbons (Fsp3) is 0.278. The highest BCUT2D eigenvalue weighted by Gasteiger charge is 2.16. The molecule has 0 bridgehead atoms. The van der Waals surface area contributed by atoms with E-state index in [9.17, 15) is 36.6 Å². The van der Waals surface area contributed by atoms with Crippen molar-refractivity contribution in [3.8, 4) is 11.5 Å². The summed E-state index contributed by atoms with van der Waals surface area (Å²) in [6, 6.07) is 21.7. The van der Waals surface area contributed by atoms with Crippen molar-refractivity contribution in [2.75, 3.05) is 0 Å². The van der Waals surface area contributed by atoms with E-state index in [-0.39, 0.29) is 45.9 Å². The first-order valence-corrected chi connectivity index (χ1v) is 18.1. The first-order chi connectivity index (χ1) is 22.3. The molecular weight excluding hydrogens is 653 g/mol. The molecule has 0 aliphatic heterocycles. The number of hydrogen-bond acceptors (Lipinski definition) is 8. The van der Waals surface area contributed by atoms with Crippen LogP contribution in [0.3, 0.4) is 0 Å². The lowest BCUT2D eigenvalue weighted by molar-refractivity contribution is 0.100. The maximum absolute atomic E-state index is 12.2. The summed E-state index contributed by atoms with van der Waals surface area (Å²) in [5, 5.41) is 18.9. The Morgan fingerprint density at radius 2 is 0.875 bits per heavy atom. The van der Waals surface area contributed by atoms with Crippen LogP contribution in [0, 0.1) is 19.8 Å². The van der Waals surface area contributed by atoms with Gasteiger partial charge in [-0.15, -0.1) is 0 Å². The molecule has 258 valence electrons. The molecule has 0 spiro atoms. The molecule has 0 fully saturated rings. The van der Waals surface area contributed by atoms with Crippen molar-refractivity contribution in [3.05, 3.63) is 118 Å². The van der Waals surface area contributed by atoms with Crippen molar-refractivity contribution in [3.63, 3.8) is 0 Å². The molecule has 4 aromatic carbocycles. The molecule has 48 heavy (non-hydrogen) atoms. The van der Waals surface area contributed by atoms with Crippen molar-refractivity contribution >= 4 is 31.6 Å². The summed E-state index contributed by atoms with van der Waals surface area (Å²) in [5.41, 5.74) is 3.66. The first-order valence-electron chi connectivity index (χ1n) is 15.1. The Hall–Kier alpha value is -4.36. The molecule has 4 rings (SSSR count). The van der Waals surface area contributed by atoms with Gasteiger partial charge in [0.05, 0.1) is 9.79 Å². The molecule has 4 aromatic rings. The number of aromatic hydroxyl groups is 2. The van der Waals surface area contributed by atoms with E-state index in [1.165, 1.54) is 50.2 Å². The zero-order valence-electron chi connectivity index (χ0n) is 28.2. The fourth-order valence-electron chi connectivity index (χ4n) is 3.83. The number of rotatable bonds is 10. The van der Waals surface area contributed by atoms with E-state index in [1.807, 2.05) is 0 Å². The van der Waals surface area contributed by atoms with Crippen LogP contribution >= 0.6 is 0 Å². The topological polar surface area (TPSA) is 167 Å². The van der Waals surface area contributed by atoms with Gasteiger partial charge in [0.25, 0.3) is 0 Å². The number of aryl methyl sites for hydroxylation is 2. The molecule has 0 saturated carbocycles. The zero-order valence-corrected chi connectivity index (χ0v) is 29.9. The van der Waals surface area contributed by atoms with E-state index < -0.39 is 20.0 Å². The summed E-state index contributed by atoms with van der Waals surface area (Å²) in [7, 11) is -7.30. The summed E-state index contributed by atoms with van der Waals surface area (Å²) in [5.74, 6) is 0.871. The van der Waals surface area contributed by atoms with E-state index in [2.05, 4.69) is 30.2 Å². The molecule has 0 amide bonds. The summed E-state index contributed by atoms with van der Waals surface area (Å²) in [4.78, 5) is 22.6. The van der Waals surface area contributed by atoms with Crippen LogP contribution in [0.4, 0.5) is 0 Å². The fourth-order valence-corrected chi connectivity index (χ4v) is 6.03. The first kappa shape index (κ1) is 39.8. The lowest BCUT2D eigenvalue weighted by Crippen LogP contribution is -2.23. The second kappa shape index (κ2) is 17.7. The van der Waals surface area contributed by atoms with Crippen molar-refractivity contribution in [2.24, 2.45) is 5.92 Å². The van der Waals surface area contributed by atoms with Gasteiger partial charge in [-0.05, 0) is 92.3 Å². The molecule has 0 aromatic heterocycles. The van der Waals surface area contributed by atoms with Gasteiger partial charge >= 0.3 is 0 Å². The number of carbonyl (C=O) groups is 2. The molecule has 12 heteroatoms. The number of phenols is 2. The van der Waals surface area contributed by atoms with Crippen LogP contribution < -0.4 is 9.44 Å². The third-order valence-electron chi connectivity index (χ3n) is 6.61. The molecule has 0 aliphatic rings. The predicted molar refractivity (Wildman–Crippen MR) is 187 cm³/mol. The zero-order chi connectivity index (χ0) is 36.2. The highest BCUT2D eigenvalue weighted by Crippen LogP contribution is 2.21. The van der Waals surface area contributed by atoms with Crippen molar-refractivity contribution in [2.45, 2.75) is 71.3 Å². The molecule has 4 N–H and O–H groups in total. The van der Waals surface area contributed by atoms with Gasteiger partial charge < -0.3 is 10.2 Å². The highest BCUT2D eigenvalue weighted by molar-refractivity contribution is 7.89. The molecule has 0 heterocycles. The van der Waals surface area contributed by atoms with Crippen LogP contribution in [0.1, 0.15) is 77.6 Å². The van der Waals surface area contributed by atoms with Gasteiger partial charge in [-0.3, -0.25) is 9.59 Å². The summed E-state index contributed by atoms with van der Waals surface area (Å²) < 4.78 is 53.8. The molecule has 0 radical (unpaired) electrons. The van der Waals surface area contributed by atoms with Gasteiger partial charge in [-0.2, -0.15) is 0 Å². The second-order valence-corrected chi connectivity index (χ2v) is 15.3. The Morgan fingerprint density at radius 3 is 1.12 bits per heavy atom. The average molecular weight is 697 g/mol. The molecule has 0 unspecified atom stereocenters. The highest BCUT2D eigenvalue weighted by atomic mass is 32.2. The maximum atomic E-state index is 12.2. The Kier molecular flexibility index (Phi) is 14.7. The van der Waals surface area contributed by atoms with Gasteiger partial charge in [-0.25, -0.2) is 26.3 Å². The number of Topliss-reactive ketones (excluding diaryl/α,β-unsaturated/α-hetero) is 2. The van der Waals surface area contributed by atoms with Gasteiger partial charge in [0, 0.05) is 24.2 Å². The van der Waals surface area contributed by atoms with E-state index in [0.717, 1.165) is 17.0 Å². The summed E-state index contributed by atoms with van der Waals surface area (Å²) in [6.45, 7) is 13.0. The third kappa shape index (κ3) is 12.7. The SMILES string of the molecule is CC(=O)c1ccc(CNS(=O)(=O)c2ccc(O)c(C)c2)cc1.CC(=O)c1ccc(CNS(=O)(=O)c2ccc(O)c(C)c2)cc1.CC(C)C. The van der Waals surface area contributed by atoms with Crippen LogP contribution in [0.15, 0.2) is 94.7 Å². The van der Waals surface area contributed by atoms with Crippen molar-refractivity contribution in [1.29, 1.82) is 0 Å². The minimum atomic E-state index is -3.65. The Labute approximate surface area is 284 Å². The molecular formula is C36H44N2O8S2. The molecule has 0 atom stereocenters. The quantitative estimate of drug-likeness (QED) is 0.138. The second-order valence-electron chi connectivity index (χ2n) is 11.8. The number of ketones is 2. The van der Waals surface area contributed by atoms with Gasteiger partial charge in [0.15, 0.2) is 11.6 Å². The standard InChI is InChI=1S/2C16H17NO4S.C4H10/c2*1-11-9-15(7-8-16(11)19)22(20,21)17-10-13-3-5-14(6-4-13)12(2)18;1-4(2)3/h2*3-9,17,19H,10H2,1-2H3;4H,1-3H3. The van der Waals surface area contributed by atoms with Crippen LogP contribution in [-0.4, -0.2) is 38.6 Å². The number of phenolic OH excluding ortho intramolecular Hbond substituents is 2. The van der Waals surface area contributed by atoms with Gasteiger partial charge in [0.2, 0.25) is 20.0 Å². The molecule has 0 aliphatic carbocycles. The summed E-state index contributed by atoms with van der Waals surface area (Å²) in [6.07, 6.45) is 0. The molecule has 0 saturated heterocycles. The average Bonchev–Trinajstić information content (AvgIpc) is 3.02. The largest absolute Gasteiger partial charge is 0.508 e.